The number of hydrogen-bond donors (Lipinski definition) is 1. The zero-order valence-corrected chi connectivity index (χ0v) is 15.6. The van der Waals surface area contributed by atoms with Crippen LogP contribution < -0.4 is 10.2 Å². The summed E-state index contributed by atoms with van der Waals surface area (Å²) in [5.74, 6) is -0.265. The molecule has 152 valence electrons. The van der Waals surface area contributed by atoms with E-state index in [1.54, 1.807) is 48.5 Å². The van der Waals surface area contributed by atoms with Crippen molar-refractivity contribution < 1.29 is 23.1 Å². The fourth-order valence-corrected chi connectivity index (χ4v) is 3.30. The van der Waals surface area contributed by atoms with Gasteiger partial charge in [0.05, 0.1) is 11.2 Å². The fourth-order valence-electron chi connectivity index (χ4n) is 3.30. The first-order valence-corrected chi connectivity index (χ1v) is 9.08. The average Bonchev–Trinajstić information content (AvgIpc) is 2.72. The fraction of sp³-hybridized carbons (Fsp3) is 0.0870. The van der Waals surface area contributed by atoms with E-state index in [-0.39, 0.29) is 11.2 Å². The predicted molar refractivity (Wildman–Crippen MR) is 107 cm³/mol. The molecule has 30 heavy (non-hydrogen) atoms. The molecule has 0 saturated carbocycles. The highest BCUT2D eigenvalue weighted by Gasteiger charge is 2.30. The minimum Gasteiger partial charge on any atom is -0.428 e. The van der Waals surface area contributed by atoms with E-state index in [2.05, 4.69) is 4.74 Å². The van der Waals surface area contributed by atoms with Crippen molar-refractivity contribution in [3.8, 4) is 17.0 Å². The van der Waals surface area contributed by atoms with Crippen molar-refractivity contribution in [2.75, 3.05) is 0 Å². The van der Waals surface area contributed by atoms with Crippen LogP contribution in [0.1, 0.15) is 11.1 Å². The maximum Gasteiger partial charge on any atom is 0.573 e. The van der Waals surface area contributed by atoms with E-state index >= 15 is 0 Å². The van der Waals surface area contributed by atoms with Gasteiger partial charge in [0.15, 0.2) is 5.43 Å². The number of alkyl halides is 3. The quantitative estimate of drug-likeness (QED) is 0.458. The average molecular weight is 411 g/mol. The summed E-state index contributed by atoms with van der Waals surface area (Å²) in [5, 5.41) is 11.0. The number of hydrogen-bond acceptors (Lipinski definition) is 3. The molecule has 0 spiro atoms. The van der Waals surface area contributed by atoms with E-state index < -0.39 is 6.36 Å². The van der Waals surface area contributed by atoms with Gasteiger partial charge in [-0.15, -0.1) is 13.2 Å². The number of nitrogens with zero attached hydrogens (tertiary/aromatic N) is 1. The molecule has 0 aliphatic heterocycles. The number of benzene rings is 3. The van der Waals surface area contributed by atoms with Crippen molar-refractivity contribution in [3.63, 3.8) is 0 Å². The molecule has 0 unspecified atom stereocenters. The lowest BCUT2D eigenvalue weighted by atomic mass is 10.0. The van der Waals surface area contributed by atoms with Gasteiger partial charge in [0.25, 0.3) is 0 Å². The summed E-state index contributed by atoms with van der Waals surface area (Å²) >= 11 is 0. The van der Waals surface area contributed by atoms with Crippen LogP contribution in [0.15, 0.2) is 83.7 Å². The third kappa shape index (κ3) is 4.15. The van der Waals surface area contributed by atoms with Crippen LogP contribution in [0.3, 0.4) is 0 Å². The van der Waals surface area contributed by atoms with Crippen LogP contribution in [-0.2, 0) is 6.42 Å². The molecule has 4 aromatic rings. The van der Waals surface area contributed by atoms with Gasteiger partial charge in [-0.25, -0.2) is 0 Å². The molecular weight excluding hydrogens is 395 g/mol. The van der Waals surface area contributed by atoms with Crippen LogP contribution in [-0.4, -0.2) is 16.3 Å². The Balaban J connectivity index is 1.56. The van der Waals surface area contributed by atoms with Crippen molar-refractivity contribution in [2.45, 2.75) is 12.8 Å². The minimum atomic E-state index is -4.71. The first kappa shape index (κ1) is 19.6. The number of pyridine rings is 1. The molecule has 1 N–H and O–H groups in total. The summed E-state index contributed by atoms with van der Waals surface area (Å²) in [7, 11) is 0. The number of rotatable bonds is 4. The molecule has 0 aliphatic carbocycles. The second-order valence-corrected chi connectivity index (χ2v) is 6.79. The zero-order valence-electron chi connectivity index (χ0n) is 15.6. The first-order valence-electron chi connectivity index (χ1n) is 9.08. The molecule has 1 aromatic heterocycles. The number of ether oxygens (including phenoxy) is 1. The molecule has 0 saturated heterocycles. The topological polar surface area (TPSA) is 51.5 Å². The van der Waals surface area contributed by atoms with E-state index in [0.717, 1.165) is 15.9 Å². The van der Waals surface area contributed by atoms with Crippen LogP contribution in [0.5, 0.6) is 5.75 Å². The highest BCUT2D eigenvalue weighted by molar-refractivity contribution is 5.82. The lowest BCUT2D eigenvalue weighted by Gasteiger charge is -2.11. The molecular formula is C23H16F3NO3. The molecule has 1 heterocycles. The van der Waals surface area contributed by atoms with Crippen LogP contribution in [0.2, 0.25) is 0 Å². The Morgan fingerprint density at radius 3 is 2.10 bits per heavy atom. The second-order valence-electron chi connectivity index (χ2n) is 6.79. The lowest BCUT2D eigenvalue weighted by molar-refractivity contribution is -0.274. The third-order valence-electron chi connectivity index (χ3n) is 4.71. The predicted octanol–water partition coefficient (Wildman–Crippen LogP) is 5.40. The van der Waals surface area contributed by atoms with E-state index in [0.29, 0.717) is 28.6 Å². The van der Waals surface area contributed by atoms with E-state index in [4.69, 9.17) is 0 Å². The lowest BCUT2D eigenvalue weighted by Crippen LogP contribution is -2.17. The smallest absolute Gasteiger partial charge is 0.428 e. The highest BCUT2D eigenvalue weighted by Crippen LogP contribution is 2.25. The van der Waals surface area contributed by atoms with Crippen molar-refractivity contribution in [1.82, 2.24) is 4.73 Å². The van der Waals surface area contributed by atoms with E-state index in [9.17, 15) is 23.2 Å². The molecule has 0 amide bonds. The molecule has 0 fully saturated rings. The number of para-hydroxylation sites is 1. The maximum absolute atomic E-state index is 12.3. The largest absolute Gasteiger partial charge is 0.573 e. The Hall–Kier alpha value is -3.74. The molecule has 0 radical (unpaired) electrons. The Morgan fingerprint density at radius 1 is 0.867 bits per heavy atom. The van der Waals surface area contributed by atoms with Gasteiger partial charge in [-0.3, -0.25) is 4.79 Å². The van der Waals surface area contributed by atoms with Crippen LogP contribution in [0.25, 0.3) is 22.2 Å². The van der Waals surface area contributed by atoms with Gasteiger partial charge in [-0.05, 0) is 41.8 Å². The van der Waals surface area contributed by atoms with Gasteiger partial charge >= 0.3 is 6.36 Å². The van der Waals surface area contributed by atoms with Crippen molar-refractivity contribution >= 4 is 10.9 Å². The standard InChI is InChI=1S/C23H16F3NO3/c24-23(25,26)30-18-11-7-16(8-12-18)13-15-5-9-17(10-6-15)21-14-22(28)19-3-1-2-4-20(19)27(21)29/h1-12,14,29H,13H2. The number of halogens is 3. The Bertz CT molecular complexity index is 1240. The van der Waals surface area contributed by atoms with Gasteiger partial charge in [0.1, 0.15) is 5.75 Å². The summed E-state index contributed by atoms with van der Waals surface area (Å²) in [5.41, 5.74) is 3.02. The van der Waals surface area contributed by atoms with E-state index in [1.807, 2.05) is 12.1 Å². The van der Waals surface area contributed by atoms with Crippen LogP contribution in [0.4, 0.5) is 13.2 Å². The summed E-state index contributed by atoms with van der Waals surface area (Å²) in [6.07, 6.45) is -4.20. The summed E-state index contributed by atoms with van der Waals surface area (Å²) in [6.45, 7) is 0. The highest BCUT2D eigenvalue weighted by atomic mass is 19.4. The van der Waals surface area contributed by atoms with Crippen molar-refractivity contribution in [3.05, 3.63) is 100 Å². The third-order valence-corrected chi connectivity index (χ3v) is 4.71. The first-order chi connectivity index (χ1) is 14.3. The number of aromatic nitrogens is 1. The molecule has 0 atom stereocenters. The Kier molecular flexibility index (Phi) is 4.95. The maximum atomic E-state index is 12.3. The second kappa shape index (κ2) is 7.59. The summed E-state index contributed by atoms with van der Waals surface area (Å²) in [6, 6.07) is 21.1. The van der Waals surface area contributed by atoms with Gasteiger partial charge in [0.2, 0.25) is 0 Å². The zero-order chi connectivity index (χ0) is 21.3. The normalized spacial score (nSPS) is 11.6. The van der Waals surface area contributed by atoms with Crippen LogP contribution in [0, 0.1) is 0 Å². The van der Waals surface area contributed by atoms with Crippen LogP contribution >= 0.6 is 0 Å². The summed E-state index contributed by atoms with van der Waals surface area (Å²) in [4.78, 5) is 12.3. The minimum absolute atomic E-state index is 0.184. The number of fused-ring (bicyclic) bond motifs is 1. The molecule has 0 aliphatic rings. The van der Waals surface area contributed by atoms with Gasteiger partial charge in [0, 0.05) is 17.0 Å². The molecule has 3 aromatic carbocycles. The monoisotopic (exact) mass is 411 g/mol. The van der Waals surface area contributed by atoms with Gasteiger partial charge in [-0.1, -0.05) is 48.5 Å². The Morgan fingerprint density at radius 2 is 1.47 bits per heavy atom. The summed E-state index contributed by atoms with van der Waals surface area (Å²) < 4.78 is 41.6. The van der Waals surface area contributed by atoms with Gasteiger partial charge < -0.3 is 9.94 Å². The Labute approximate surface area is 169 Å². The van der Waals surface area contributed by atoms with Crippen molar-refractivity contribution in [2.24, 2.45) is 0 Å². The van der Waals surface area contributed by atoms with E-state index in [1.165, 1.54) is 18.2 Å². The molecule has 7 heteroatoms. The molecule has 4 nitrogen and oxygen atoms in total. The van der Waals surface area contributed by atoms with Gasteiger partial charge in [-0.2, -0.15) is 4.73 Å². The van der Waals surface area contributed by atoms with Crippen molar-refractivity contribution in [1.29, 1.82) is 0 Å². The molecule has 0 bridgehead atoms. The molecule has 4 rings (SSSR count). The SMILES string of the molecule is O=c1cc(-c2ccc(Cc3ccc(OC(F)(F)F)cc3)cc2)n(O)c2ccccc12.